The first-order valence-corrected chi connectivity index (χ1v) is 5.46. The van der Waals surface area contributed by atoms with Gasteiger partial charge in [-0.2, -0.15) is 0 Å². The van der Waals surface area contributed by atoms with E-state index in [0.717, 1.165) is 0 Å². The van der Waals surface area contributed by atoms with E-state index >= 15 is 0 Å². The molecule has 0 aromatic carbocycles. The van der Waals surface area contributed by atoms with Crippen LogP contribution in [0.4, 0.5) is 0 Å². The van der Waals surface area contributed by atoms with Crippen molar-refractivity contribution in [2.75, 3.05) is 26.2 Å². The molecule has 16 heavy (non-hydrogen) atoms. The van der Waals surface area contributed by atoms with Crippen LogP contribution in [0.25, 0.3) is 4.85 Å². The minimum atomic E-state index is -0.167. The average molecular weight is 224 g/mol. The van der Waals surface area contributed by atoms with Crippen molar-refractivity contribution in [3.8, 4) is 0 Å². The molecule has 88 valence electrons. The Morgan fingerprint density at radius 2 is 2.06 bits per heavy atom. The molecule has 0 spiro atoms. The monoisotopic (exact) mass is 224 g/mol. The molecular weight excluding hydrogens is 208 g/mol. The zero-order chi connectivity index (χ0) is 12.0. The van der Waals surface area contributed by atoms with Gasteiger partial charge in [0.2, 0.25) is 0 Å². The molecule has 0 radical (unpaired) electrons. The van der Waals surface area contributed by atoms with Gasteiger partial charge in [0.1, 0.15) is 0 Å². The SMILES string of the molecule is [C-]#[N+]CC(=O)N1CCC(C(=O)OCC)CC1. The lowest BCUT2D eigenvalue weighted by Gasteiger charge is -2.29. The molecule has 1 amide bonds. The fourth-order valence-electron chi connectivity index (χ4n) is 1.79. The maximum absolute atomic E-state index is 11.4. The molecule has 1 aliphatic heterocycles. The lowest BCUT2D eigenvalue weighted by molar-refractivity contribution is -0.151. The summed E-state index contributed by atoms with van der Waals surface area (Å²) in [5.74, 6) is -0.394. The number of piperidine rings is 1. The van der Waals surface area contributed by atoms with Crippen molar-refractivity contribution in [1.29, 1.82) is 0 Å². The zero-order valence-electron chi connectivity index (χ0n) is 9.44. The lowest BCUT2D eigenvalue weighted by atomic mass is 9.97. The van der Waals surface area contributed by atoms with Crippen molar-refractivity contribution in [2.45, 2.75) is 19.8 Å². The third kappa shape index (κ3) is 3.23. The van der Waals surface area contributed by atoms with Crippen molar-refractivity contribution in [3.63, 3.8) is 0 Å². The van der Waals surface area contributed by atoms with E-state index in [1.165, 1.54) is 0 Å². The van der Waals surface area contributed by atoms with E-state index < -0.39 is 0 Å². The Bertz CT molecular complexity index is 301. The maximum Gasteiger partial charge on any atom is 0.309 e. The topological polar surface area (TPSA) is 51.0 Å². The number of esters is 1. The number of nitrogens with zero attached hydrogens (tertiary/aromatic N) is 2. The summed E-state index contributed by atoms with van der Waals surface area (Å²) >= 11 is 0. The summed E-state index contributed by atoms with van der Waals surface area (Å²) in [5, 5.41) is 0. The molecule has 0 bridgehead atoms. The number of likely N-dealkylation sites (tertiary alicyclic amines) is 1. The van der Waals surface area contributed by atoms with Crippen LogP contribution in [-0.4, -0.2) is 43.0 Å². The molecule has 0 atom stereocenters. The van der Waals surface area contributed by atoms with E-state index in [2.05, 4.69) is 4.85 Å². The normalized spacial score (nSPS) is 16.6. The van der Waals surface area contributed by atoms with Gasteiger partial charge in [0.25, 0.3) is 6.54 Å². The van der Waals surface area contributed by atoms with Gasteiger partial charge >= 0.3 is 11.9 Å². The van der Waals surface area contributed by atoms with Crippen molar-refractivity contribution in [1.82, 2.24) is 4.90 Å². The molecule has 0 aliphatic carbocycles. The second-order valence-electron chi connectivity index (χ2n) is 3.72. The molecule has 1 fully saturated rings. The van der Waals surface area contributed by atoms with Crippen molar-refractivity contribution < 1.29 is 14.3 Å². The van der Waals surface area contributed by atoms with Gasteiger partial charge < -0.3 is 14.5 Å². The zero-order valence-corrected chi connectivity index (χ0v) is 9.44. The number of rotatable bonds is 3. The number of hydrogen-bond donors (Lipinski definition) is 0. The highest BCUT2D eigenvalue weighted by molar-refractivity contribution is 5.80. The third-order valence-corrected chi connectivity index (χ3v) is 2.68. The molecule has 1 saturated heterocycles. The van der Waals surface area contributed by atoms with Gasteiger partial charge in [-0.25, -0.2) is 6.57 Å². The van der Waals surface area contributed by atoms with E-state index in [1.54, 1.807) is 11.8 Å². The van der Waals surface area contributed by atoms with E-state index in [9.17, 15) is 9.59 Å². The second-order valence-corrected chi connectivity index (χ2v) is 3.72. The summed E-state index contributed by atoms with van der Waals surface area (Å²) in [6.07, 6.45) is 1.28. The van der Waals surface area contributed by atoms with Gasteiger partial charge in [0.05, 0.1) is 12.5 Å². The Kier molecular flexibility index (Phi) is 4.77. The van der Waals surface area contributed by atoms with Crippen LogP contribution in [-0.2, 0) is 14.3 Å². The molecule has 0 N–H and O–H groups in total. The molecule has 1 rings (SSSR count). The highest BCUT2D eigenvalue weighted by Crippen LogP contribution is 2.18. The number of carbonyl (C=O) groups is 2. The van der Waals surface area contributed by atoms with Crippen LogP contribution < -0.4 is 0 Å². The Morgan fingerprint density at radius 1 is 1.44 bits per heavy atom. The first-order valence-electron chi connectivity index (χ1n) is 5.46. The van der Waals surface area contributed by atoms with Gasteiger partial charge in [-0.3, -0.25) is 9.59 Å². The van der Waals surface area contributed by atoms with Gasteiger partial charge in [-0.1, -0.05) is 0 Å². The van der Waals surface area contributed by atoms with E-state index in [1.807, 2.05) is 0 Å². The van der Waals surface area contributed by atoms with Crippen molar-refractivity contribution >= 4 is 11.9 Å². The van der Waals surface area contributed by atoms with Crippen LogP contribution in [0.5, 0.6) is 0 Å². The first kappa shape index (κ1) is 12.5. The van der Waals surface area contributed by atoms with Crippen LogP contribution in [0.1, 0.15) is 19.8 Å². The number of hydrogen-bond acceptors (Lipinski definition) is 3. The summed E-state index contributed by atoms with van der Waals surface area (Å²) < 4.78 is 4.93. The molecule has 5 nitrogen and oxygen atoms in total. The van der Waals surface area contributed by atoms with Gasteiger partial charge in [-0.05, 0) is 19.8 Å². The molecule has 0 aromatic rings. The lowest BCUT2D eigenvalue weighted by Crippen LogP contribution is -2.41. The predicted molar refractivity (Wildman–Crippen MR) is 57.4 cm³/mol. The predicted octanol–water partition coefficient (Wildman–Crippen LogP) is 0.707. The standard InChI is InChI=1S/C11H16N2O3/c1-3-16-11(15)9-4-6-13(7-5-9)10(14)8-12-2/h9H,3-8H2,1H3. The molecule has 0 saturated carbocycles. The Hall–Kier alpha value is -1.57. The molecule has 0 unspecified atom stereocenters. The molecular formula is C11H16N2O3. The van der Waals surface area contributed by atoms with E-state index in [4.69, 9.17) is 11.3 Å². The minimum Gasteiger partial charge on any atom is -0.466 e. The summed E-state index contributed by atoms with van der Waals surface area (Å²) in [6, 6.07) is 0. The molecule has 0 aromatic heterocycles. The highest BCUT2D eigenvalue weighted by atomic mass is 16.5. The third-order valence-electron chi connectivity index (χ3n) is 2.68. The largest absolute Gasteiger partial charge is 0.466 e. The van der Waals surface area contributed by atoms with Crippen LogP contribution in [0.2, 0.25) is 0 Å². The molecule has 1 heterocycles. The van der Waals surface area contributed by atoms with E-state index in [-0.39, 0.29) is 24.3 Å². The molecule has 5 heteroatoms. The summed E-state index contributed by atoms with van der Waals surface area (Å²) in [7, 11) is 0. The number of amides is 1. The average Bonchev–Trinajstić information content (AvgIpc) is 2.30. The number of ether oxygens (including phenoxy) is 1. The van der Waals surface area contributed by atoms with Crippen LogP contribution in [0.3, 0.4) is 0 Å². The smallest absolute Gasteiger partial charge is 0.309 e. The summed E-state index contributed by atoms with van der Waals surface area (Å²) in [6.45, 7) is 9.81. The van der Waals surface area contributed by atoms with Crippen molar-refractivity contribution in [3.05, 3.63) is 11.4 Å². The van der Waals surface area contributed by atoms with Crippen molar-refractivity contribution in [2.24, 2.45) is 5.92 Å². The van der Waals surface area contributed by atoms with E-state index in [0.29, 0.717) is 32.5 Å². The Labute approximate surface area is 95.2 Å². The van der Waals surface area contributed by atoms with Crippen LogP contribution in [0.15, 0.2) is 0 Å². The van der Waals surface area contributed by atoms with Crippen LogP contribution >= 0.6 is 0 Å². The minimum absolute atomic E-state index is 0.0862. The van der Waals surface area contributed by atoms with Gasteiger partial charge in [0.15, 0.2) is 0 Å². The maximum atomic E-state index is 11.4. The van der Waals surface area contributed by atoms with Gasteiger partial charge in [-0.15, -0.1) is 0 Å². The fourth-order valence-corrected chi connectivity index (χ4v) is 1.79. The van der Waals surface area contributed by atoms with Crippen LogP contribution in [0, 0.1) is 12.5 Å². The Balaban J connectivity index is 2.37. The summed E-state index contributed by atoms with van der Waals surface area (Å²) in [5.41, 5.74) is 0. The number of carbonyl (C=O) groups excluding carboxylic acids is 2. The molecule has 1 aliphatic rings. The Morgan fingerprint density at radius 3 is 2.56 bits per heavy atom. The first-order chi connectivity index (χ1) is 7.69. The quantitative estimate of drug-likeness (QED) is 0.524. The summed E-state index contributed by atoms with van der Waals surface area (Å²) in [4.78, 5) is 27.5. The van der Waals surface area contributed by atoms with Gasteiger partial charge in [0, 0.05) is 13.1 Å². The second kappa shape index (κ2) is 6.11. The fraction of sp³-hybridized carbons (Fsp3) is 0.727. The highest BCUT2D eigenvalue weighted by Gasteiger charge is 2.28.